The minimum atomic E-state index is -0.397. The third-order valence-electron chi connectivity index (χ3n) is 4.27. The van der Waals surface area contributed by atoms with Crippen molar-refractivity contribution in [1.82, 2.24) is 14.5 Å². The van der Waals surface area contributed by atoms with E-state index >= 15 is 0 Å². The summed E-state index contributed by atoms with van der Waals surface area (Å²) < 4.78 is 7.30. The molecule has 1 atom stereocenters. The fraction of sp³-hybridized carbons (Fsp3) is 0.444. The van der Waals surface area contributed by atoms with Crippen molar-refractivity contribution in [3.8, 4) is 6.07 Å². The molecule has 0 spiro atoms. The van der Waals surface area contributed by atoms with Crippen molar-refractivity contribution >= 4 is 11.8 Å². The smallest absolute Gasteiger partial charge is 0.355 e. The molecule has 130 valence electrons. The summed E-state index contributed by atoms with van der Waals surface area (Å²) in [4.78, 5) is 23.3. The van der Waals surface area contributed by atoms with Gasteiger partial charge in [0.25, 0.3) is 0 Å². The first-order valence-electron chi connectivity index (χ1n) is 8.31. The fourth-order valence-corrected chi connectivity index (χ4v) is 3.14. The molecule has 0 aromatic carbocycles. The van der Waals surface area contributed by atoms with Crippen LogP contribution in [0.25, 0.3) is 0 Å². The average molecular weight is 339 g/mol. The number of esters is 1. The lowest BCUT2D eigenvalue weighted by Gasteiger charge is -2.33. The Hall–Kier alpha value is -2.88. The van der Waals surface area contributed by atoms with Crippen molar-refractivity contribution in [3.63, 3.8) is 0 Å². The Kier molecular flexibility index (Phi) is 4.70. The van der Waals surface area contributed by atoms with Crippen molar-refractivity contribution in [3.05, 3.63) is 41.1 Å². The second-order valence-electron chi connectivity index (χ2n) is 6.37. The van der Waals surface area contributed by atoms with E-state index in [2.05, 4.69) is 14.9 Å². The zero-order chi connectivity index (χ0) is 18.0. The molecule has 1 saturated heterocycles. The lowest BCUT2D eigenvalue weighted by molar-refractivity contribution is 0.0258. The highest BCUT2D eigenvalue weighted by molar-refractivity contribution is 5.88. The standard InChI is InChI=1S/C18H21N5O2/c1-12-7-17(21-13(2)20-12)23-6-4-5-15(11-23)25-18(24)16-8-14(9-19)10-22(16)3/h7-8,10,15H,4-6,11H2,1-3H3. The van der Waals surface area contributed by atoms with Gasteiger partial charge in [-0.3, -0.25) is 0 Å². The molecule has 0 radical (unpaired) electrons. The normalized spacial score (nSPS) is 17.2. The summed E-state index contributed by atoms with van der Waals surface area (Å²) in [7, 11) is 1.73. The van der Waals surface area contributed by atoms with Crippen LogP contribution in [-0.4, -0.2) is 39.7 Å². The maximum Gasteiger partial charge on any atom is 0.355 e. The van der Waals surface area contributed by atoms with Gasteiger partial charge in [0.05, 0.1) is 12.1 Å². The molecule has 1 aliphatic rings. The Morgan fingerprint density at radius 2 is 2.16 bits per heavy atom. The first-order chi connectivity index (χ1) is 12.0. The molecule has 0 N–H and O–H groups in total. The molecular formula is C18H21N5O2. The van der Waals surface area contributed by atoms with E-state index in [9.17, 15) is 4.79 Å². The lowest BCUT2D eigenvalue weighted by atomic mass is 10.1. The van der Waals surface area contributed by atoms with Gasteiger partial charge in [-0.25, -0.2) is 14.8 Å². The van der Waals surface area contributed by atoms with Crippen LogP contribution in [0.1, 0.15) is 40.4 Å². The second-order valence-corrected chi connectivity index (χ2v) is 6.37. The first-order valence-corrected chi connectivity index (χ1v) is 8.31. The molecule has 0 bridgehead atoms. The summed E-state index contributed by atoms with van der Waals surface area (Å²) >= 11 is 0. The molecule has 3 heterocycles. The lowest BCUT2D eigenvalue weighted by Crippen LogP contribution is -2.41. The predicted octanol–water partition coefficient (Wildman–Crippen LogP) is 2.13. The van der Waals surface area contributed by atoms with Crippen LogP contribution in [0.5, 0.6) is 0 Å². The largest absolute Gasteiger partial charge is 0.456 e. The van der Waals surface area contributed by atoms with Crippen LogP contribution in [0.2, 0.25) is 0 Å². The molecule has 0 amide bonds. The van der Waals surface area contributed by atoms with Crippen molar-refractivity contribution in [2.45, 2.75) is 32.8 Å². The van der Waals surface area contributed by atoms with Gasteiger partial charge >= 0.3 is 5.97 Å². The van der Waals surface area contributed by atoms with E-state index < -0.39 is 5.97 Å². The number of hydrogen-bond acceptors (Lipinski definition) is 6. The highest BCUT2D eigenvalue weighted by Crippen LogP contribution is 2.21. The van der Waals surface area contributed by atoms with E-state index in [1.54, 1.807) is 23.9 Å². The van der Waals surface area contributed by atoms with Gasteiger partial charge in [0.15, 0.2) is 0 Å². The van der Waals surface area contributed by atoms with E-state index in [1.807, 2.05) is 26.0 Å². The average Bonchev–Trinajstić information content (AvgIpc) is 2.95. The number of aromatic nitrogens is 3. The summed E-state index contributed by atoms with van der Waals surface area (Å²) in [5, 5.41) is 8.95. The summed E-state index contributed by atoms with van der Waals surface area (Å²) in [5.41, 5.74) is 1.77. The molecular weight excluding hydrogens is 318 g/mol. The minimum Gasteiger partial charge on any atom is -0.456 e. The second kappa shape index (κ2) is 6.93. The zero-order valence-electron chi connectivity index (χ0n) is 14.7. The first kappa shape index (κ1) is 17.0. The monoisotopic (exact) mass is 339 g/mol. The molecule has 7 nitrogen and oxygen atoms in total. The third kappa shape index (κ3) is 3.79. The SMILES string of the molecule is Cc1cc(N2CCCC(OC(=O)c3cc(C#N)cn3C)C2)nc(C)n1. The van der Waals surface area contributed by atoms with E-state index in [-0.39, 0.29) is 6.10 Å². The van der Waals surface area contributed by atoms with Gasteiger partial charge in [-0.15, -0.1) is 0 Å². The van der Waals surface area contributed by atoms with Crippen molar-refractivity contribution in [2.75, 3.05) is 18.0 Å². The Bertz CT molecular complexity index is 816. The molecule has 25 heavy (non-hydrogen) atoms. The van der Waals surface area contributed by atoms with Crippen LogP contribution in [0, 0.1) is 25.2 Å². The van der Waals surface area contributed by atoms with Gasteiger partial charge in [-0.05, 0) is 32.8 Å². The van der Waals surface area contributed by atoms with E-state index in [4.69, 9.17) is 10.00 Å². The van der Waals surface area contributed by atoms with Crippen LogP contribution in [0.4, 0.5) is 5.82 Å². The zero-order valence-corrected chi connectivity index (χ0v) is 14.7. The molecule has 0 saturated carbocycles. The number of carbonyl (C=O) groups excluding carboxylic acids is 1. The van der Waals surface area contributed by atoms with Crippen LogP contribution in [0.3, 0.4) is 0 Å². The minimum absolute atomic E-state index is 0.197. The number of piperidine rings is 1. The summed E-state index contributed by atoms with van der Waals surface area (Å²) in [5.74, 6) is 1.21. The number of nitrogens with zero attached hydrogens (tertiary/aromatic N) is 5. The van der Waals surface area contributed by atoms with Gasteiger partial charge in [-0.1, -0.05) is 0 Å². The van der Waals surface area contributed by atoms with Crippen LogP contribution in [-0.2, 0) is 11.8 Å². The molecule has 1 unspecified atom stereocenters. The number of anilines is 1. The number of nitriles is 1. The number of ether oxygens (including phenoxy) is 1. The molecule has 7 heteroatoms. The number of rotatable bonds is 3. The number of hydrogen-bond donors (Lipinski definition) is 0. The van der Waals surface area contributed by atoms with Gasteiger partial charge in [0, 0.05) is 31.5 Å². The van der Waals surface area contributed by atoms with E-state index in [0.29, 0.717) is 17.8 Å². The molecule has 2 aromatic heterocycles. The van der Waals surface area contributed by atoms with E-state index in [0.717, 1.165) is 36.7 Å². The fourth-order valence-electron chi connectivity index (χ4n) is 3.14. The number of carbonyl (C=O) groups is 1. The Labute approximate surface area is 146 Å². The van der Waals surface area contributed by atoms with Gasteiger partial charge in [0.1, 0.15) is 29.5 Å². The van der Waals surface area contributed by atoms with Gasteiger partial charge < -0.3 is 14.2 Å². The van der Waals surface area contributed by atoms with Crippen LogP contribution in [0.15, 0.2) is 18.3 Å². The van der Waals surface area contributed by atoms with Gasteiger partial charge in [0.2, 0.25) is 0 Å². The Balaban J connectivity index is 1.70. The van der Waals surface area contributed by atoms with Crippen LogP contribution < -0.4 is 4.90 Å². The third-order valence-corrected chi connectivity index (χ3v) is 4.27. The summed E-state index contributed by atoms with van der Waals surface area (Å²) in [6.45, 7) is 5.31. The van der Waals surface area contributed by atoms with Gasteiger partial charge in [-0.2, -0.15) is 5.26 Å². The topological polar surface area (TPSA) is 84.0 Å². The van der Waals surface area contributed by atoms with Crippen LogP contribution >= 0.6 is 0 Å². The maximum absolute atomic E-state index is 12.4. The Morgan fingerprint density at radius 1 is 1.36 bits per heavy atom. The predicted molar refractivity (Wildman–Crippen MR) is 92.3 cm³/mol. The van der Waals surface area contributed by atoms with Crippen molar-refractivity contribution in [1.29, 1.82) is 5.26 Å². The highest BCUT2D eigenvalue weighted by atomic mass is 16.5. The Morgan fingerprint density at radius 3 is 2.84 bits per heavy atom. The molecule has 2 aromatic rings. The van der Waals surface area contributed by atoms with Crippen molar-refractivity contribution in [2.24, 2.45) is 7.05 Å². The molecule has 3 rings (SSSR count). The van der Waals surface area contributed by atoms with E-state index in [1.165, 1.54) is 0 Å². The van der Waals surface area contributed by atoms with Crippen molar-refractivity contribution < 1.29 is 9.53 Å². The highest BCUT2D eigenvalue weighted by Gasteiger charge is 2.26. The number of aryl methyl sites for hydroxylation is 3. The summed E-state index contributed by atoms with van der Waals surface area (Å²) in [6.07, 6.45) is 3.17. The summed E-state index contributed by atoms with van der Waals surface area (Å²) in [6, 6.07) is 5.54. The molecule has 0 aliphatic carbocycles. The quantitative estimate of drug-likeness (QED) is 0.797. The maximum atomic E-state index is 12.4. The molecule has 1 aliphatic heterocycles. The molecule has 1 fully saturated rings.